The van der Waals surface area contributed by atoms with Crippen molar-refractivity contribution in [2.24, 2.45) is 5.73 Å². The fourth-order valence-corrected chi connectivity index (χ4v) is 1.58. The Hall–Kier alpha value is -0.570. The molecular weight excluding hydrogens is 186 g/mol. The minimum absolute atomic E-state index is 0.464. The summed E-state index contributed by atoms with van der Waals surface area (Å²) in [6.45, 7) is 2.43. The van der Waals surface area contributed by atoms with E-state index in [9.17, 15) is 5.11 Å². The Balaban J connectivity index is 2.88. The fraction of sp³-hybridized carbons (Fsp3) is 0.400. The maximum Gasteiger partial charge on any atom is 0.0816 e. The fourth-order valence-electron chi connectivity index (χ4n) is 1.22. The first-order chi connectivity index (χ1) is 6.15. The predicted molar refractivity (Wildman–Crippen MR) is 54.8 cm³/mol. The molecule has 0 saturated heterocycles. The number of rotatable bonds is 3. The molecule has 72 valence electrons. The molecule has 0 aromatic heterocycles. The monoisotopic (exact) mass is 199 g/mol. The molecule has 2 nitrogen and oxygen atoms in total. The van der Waals surface area contributed by atoms with Crippen molar-refractivity contribution in [3.63, 3.8) is 0 Å². The van der Waals surface area contributed by atoms with E-state index in [1.807, 2.05) is 25.1 Å². The summed E-state index contributed by atoms with van der Waals surface area (Å²) in [5, 5.41) is 10.2. The van der Waals surface area contributed by atoms with Crippen LogP contribution in [0.4, 0.5) is 0 Å². The number of aliphatic hydroxyl groups is 1. The molecule has 1 rings (SSSR count). The zero-order valence-electron chi connectivity index (χ0n) is 7.63. The third-order valence-corrected chi connectivity index (χ3v) is 2.28. The van der Waals surface area contributed by atoms with Crippen LogP contribution in [0.3, 0.4) is 0 Å². The van der Waals surface area contributed by atoms with E-state index in [1.54, 1.807) is 0 Å². The van der Waals surface area contributed by atoms with Crippen molar-refractivity contribution in [2.75, 3.05) is 6.54 Å². The summed E-state index contributed by atoms with van der Waals surface area (Å²) >= 11 is 5.96. The SMILES string of the molecule is Cc1ccc([C@H](O)CCN)c(Cl)c1. The van der Waals surface area contributed by atoms with Crippen molar-refractivity contribution in [2.45, 2.75) is 19.4 Å². The van der Waals surface area contributed by atoms with Crippen LogP contribution in [-0.2, 0) is 0 Å². The molecule has 0 fully saturated rings. The van der Waals surface area contributed by atoms with Crippen molar-refractivity contribution in [3.8, 4) is 0 Å². The summed E-state index contributed by atoms with van der Waals surface area (Å²) in [5.41, 5.74) is 7.20. The second-order valence-corrected chi connectivity index (χ2v) is 3.53. The quantitative estimate of drug-likeness (QED) is 0.783. The topological polar surface area (TPSA) is 46.2 Å². The molecule has 0 radical (unpaired) electrons. The molecule has 0 amide bonds. The highest BCUT2D eigenvalue weighted by Gasteiger charge is 2.09. The highest BCUT2D eigenvalue weighted by Crippen LogP contribution is 2.25. The molecule has 1 atom stereocenters. The Kier molecular flexibility index (Phi) is 3.72. The van der Waals surface area contributed by atoms with Crippen molar-refractivity contribution in [3.05, 3.63) is 34.3 Å². The molecule has 0 unspecified atom stereocenters. The van der Waals surface area contributed by atoms with Crippen molar-refractivity contribution in [1.29, 1.82) is 0 Å². The molecule has 0 aliphatic carbocycles. The number of hydrogen-bond acceptors (Lipinski definition) is 2. The van der Waals surface area contributed by atoms with Crippen molar-refractivity contribution in [1.82, 2.24) is 0 Å². The zero-order chi connectivity index (χ0) is 9.84. The van der Waals surface area contributed by atoms with E-state index in [0.29, 0.717) is 18.0 Å². The number of hydrogen-bond donors (Lipinski definition) is 2. The minimum atomic E-state index is -0.543. The van der Waals surface area contributed by atoms with Crippen molar-refractivity contribution < 1.29 is 5.11 Å². The molecule has 1 aromatic rings. The molecule has 0 saturated carbocycles. The zero-order valence-corrected chi connectivity index (χ0v) is 8.38. The Bertz CT molecular complexity index is 288. The highest BCUT2D eigenvalue weighted by molar-refractivity contribution is 6.31. The first-order valence-electron chi connectivity index (χ1n) is 4.29. The predicted octanol–water partition coefficient (Wildman–Crippen LogP) is 2.03. The lowest BCUT2D eigenvalue weighted by Crippen LogP contribution is -2.07. The average molecular weight is 200 g/mol. The first kappa shape index (κ1) is 10.5. The molecule has 13 heavy (non-hydrogen) atoms. The van der Waals surface area contributed by atoms with Gasteiger partial charge in [0.2, 0.25) is 0 Å². The summed E-state index contributed by atoms with van der Waals surface area (Å²) in [5.74, 6) is 0. The number of nitrogens with two attached hydrogens (primary N) is 1. The first-order valence-corrected chi connectivity index (χ1v) is 4.67. The van der Waals surface area contributed by atoms with E-state index in [0.717, 1.165) is 11.1 Å². The standard InChI is InChI=1S/C10H14ClNO/c1-7-2-3-8(9(11)6-7)10(13)4-5-12/h2-3,6,10,13H,4-5,12H2,1H3/t10-/m1/s1. The van der Waals surface area contributed by atoms with Crippen LogP contribution in [0.1, 0.15) is 23.7 Å². The summed E-state index contributed by atoms with van der Waals surface area (Å²) in [4.78, 5) is 0. The van der Waals surface area contributed by atoms with Gasteiger partial charge < -0.3 is 10.8 Å². The van der Waals surface area contributed by atoms with Gasteiger partial charge in [0.1, 0.15) is 0 Å². The van der Waals surface area contributed by atoms with Crippen LogP contribution >= 0.6 is 11.6 Å². The van der Waals surface area contributed by atoms with Crippen molar-refractivity contribution >= 4 is 11.6 Å². The van der Waals surface area contributed by atoms with E-state index in [1.165, 1.54) is 0 Å². The molecule has 1 aromatic carbocycles. The van der Waals surface area contributed by atoms with Crippen LogP contribution in [0.2, 0.25) is 5.02 Å². The van der Waals surface area contributed by atoms with Gasteiger partial charge in [-0.05, 0) is 37.1 Å². The summed E-state index contributed by atoms with van der Waals surface area (Å²) in [6.07, 6.45) is 0.001000. The molecule has 0 spiro atoms. The van der Waals surface area contributed by atoms with Gasteiger partial charge in [-0.25, -0.2) is 0 Å². The lowest BCUT2D eigenvalue weighted by molar-refractivity contribution is 0.170. The largest absolute Gasteiger partial charge is 0.388 e. The third kappa shape index (κ3) is 2.69. The number of benzene rings is 1. The van der Waals surface area contributed by atoms with Gasteiger partial charge in [0.05, 0.1) is 6.10 Å². The molecule has 0 heterocycles. The van der Waals surface area contributed by atoms with Gasteiger partial charge in [-0.1, -0.05) is 23.7 Å². The second kappa shape index (κ2) is 4.61. The Morgan fingerprint density at radius 2 is 2.23 bits per heavy atom. The highest BCUT2D eigenvalue weighted by atomic mass is 35.5. The summed E-state index contributed by atoms with van der Waals surface area (Å²) in [6, 6.07) is 5.62. The van der Waals surface area contributed by atoms with E-state index in [4.69, 9.17) is 17.3 Å². The smallest absolute Gasteiger partial charge is 0.0816 e. The van der Waals surface area contributed by atoms with Gasteiger partial charge >= 0.3 is 0 Å². The molecule has 0 aliphatic rings. The molecule has 3 heteroatoms. The normalized spacial score (nSPS) is 12.9. The van der Waals surface area contributed by atoms with Crippen LogP contribution in [-0.4, -0.2) is 11.7 Å². The molecule has 3 N–H and O–H groups in total. The second-order valence-electron chi connectivity index (χ2n) is 3.12. The lowest BCUT2D eigenvalue weighted by Gasteiger charge is -2.11. The van der Waals surface area contributed by atoms with Crippen LogP contribution in [0.15, 0.2) is 18.2 Å². The van der Waals surface area contributed by atoms with Crippen LogP contribution < -0.4 is 5.73 Å². The maximum atomic E-state index is 9.63. The summed E-state index contributed by atoms with van der Waals surface area (Å²) in [7, 11) is 0. The minimum Gasteiger partial charge on any atom is -0.388 e. The van der Waals surface area contributed by atoms with E-state index in [2.05, 4.69) is 0 Å². The maximum absolute atomic E-state index is 9.63. The number of aliphatic hydroxyl groups excluding tert-OH is 1. The third-order valence-electron chi connectivity index (χ3n) is 1.96. The van der Waals surface area contributed by atoms with Gasteiger partial charge in [-0.15, -0.1) is 0 Å². The van der Waals surface area contributed by atoms with Gasteiger partial charge in [-0.3, -0.25) is 0 Å². The van der Waals surface area contributed by atoms with E-state index >= 15 is 0 Å². The summed E-state index contributed by atoms with van der Waals surface area (Å²) < 4.78 is 0. The Morgan fingerprint density at radius 1 is 1.54 bits per heavy atom. The Morgan fingerprint density at radius 3 is 2.77 bits per heavy atom. The van der Waals surface area contributed by atoms with E-state index < -0.39 is 6.10 Å². The number of halogens is 1. The van der Waals surface area contributed by atoms with Gasteiger partial charge in [0.25, 0.3) is 0 Å². The number of aryl methyl sites for hydroxylation is 1. The average Bonchev–Trinajstić information content (AvgIpc) is 2.04. The molecule has 0 bridgehead atoms. The lowest BCUT2D eigenvalue weighted by atomic mass is 10.1. The Labute approximate surface area is 83.3 Å². The van der Waals surface area contributed by atoms with Gasteiger partial charge in [0.15, 0.2) is 0 Å². The van der Waals surface area contributed by atoms with Gasteiger partial charge in [-0.2, -0.15) is 0 Å². The van der Waals surface area contributed by atoms with Gasteiger partial charge in [0, 0.05) is 5.02 Å². The van der Waals surface area contributed by atoms with Crippen LogP contribution in [0.25, 0.3) is 0 Å². The molecule has 0 aliphatic heterocycles. The van der Waals surface area contributed by atoms with Crippen LogP contribution in [0.5, 0.6) is 0 Å². The van der Waals surface area contributed by atoms with Crippen LogP contribution in [0, 0.1) is 6.92 Å². The molecular formula is C10H14ClNO. The van der Waals surface area contributed by atoms with E-state index in [-0.39, 0.29) is 0 Å².